The first kappa shape index (κ1) is 15.9. The molecule has 2 amide bonds. The van der Waals surface area contributed by atoms with Crippen molar-refractivity contribution >= 4 is 23.6 Å². The van der Waals surface area contributed by atoms with Gasteiger partial charge in [0.05, 0.1) is 18.3 Å². The zero-order valence-corrected chi connectivity index (χ0v) is 13.4. The van der Waals surface area contributed by atoms with Crippen molar-refractivity contribution in [2.24, 2.45) is 13.0 Å². The third-order valence-electron chi connectivity index (χ3n) is 3.84. The Labute approximate surface area is 129 Å². The summed E-state index contributed by atoms with van der Waals surface area (Å²) in [7, 11) is 1.80. The van der Waals surface area contributed by atoms with E-state index in [1.807, 2.05) is 11.2 Å². The van der Waals surface area contributed by atoms with Crippen LogP contribution in [0.5, 0.6) is 0 Å². The molecule has 21 heavy (non-hydrogen) atoms. The summed E-state index contributed by atoms with van der Waals surface area (Å²) in [5.41, 5.74) is 0.572. The molecule has 0 bridgehead atoms. The van der Waals surface area contributed by atoms with Crippen LogP contribution < -0.4 is 5.32 Å². The van der Waals surface area contributed by atoms with Crippen LogP contribution in [0.3, 0.4) is 0 Å². The van der Waals surface area contributed by atoms with E-state index in [1.54, 1.807) is 35.9 Å². The maximum atomic E-state index is 12.0. The van der Waals surface area contributed by atoms with Gasteiger partial charge in [0.15, 0.2) is 0 Å². The summed E-state index contributed by atoms with van der Waals surface area (Å²) in [6.07, 6.45) is 7.03. The smallest absolute Gasteiger partial charge is 0.269 e. The lowest BCUT2D eigenvalue weighted by Crippen LogP contribution is -2.42. The highest BCUT2D eigenvalue weighted by Gasteiger charge is 2.23. The van der Waals surface area contributed by atoms with Gasteiger partial charge in [-0.15, -0.1) is 0 Å². The quantitative estimate of drug-likeness (QED) is 0.871. The second-order valence-electron chi connectivity index (χ2n) is 5.36. The summed E-state index contributed by atoms with van der Waals surface area (Å²) in [6, 6.07) is 0. The van der Waals surface area contributed by atoms with Crippen LogP contribution >= 0.6 is 11.8 Å². The summed E-state index contributed by atoms with van der Waals surface area (Å²) in [5.74, 6) is 1.14. The Kier molecular flexibility index (Phi) is 5.67. The Balaban J connectivity index is 1.73. The lowest BCUT2D eigenvalue weighted by molar-refractivity contribution is -0.129. The van der Waals surface area contributed by atoms with Crippen molar-refractivity contribution in [3.63, 3.8) is 0 Å². The van der Waals surface area contributed by atoms with Crippen molar-refractivity contribution in [1.29, 1.82) is 0 Å². The van der Waals surface area contributed by atoms with Crippen molar-refractivity contribution in [3.05, 3.63) is 18.2 Å². The molecule has 2 heterocycles. The fourth-order valence-corrected chi connectivity index (χ4v) is 2.93. The number of carbonyl (C=O) groups excluding carboxylic acids is 2. The molecule has 0 aliphatic carbocycles. The predicted molar refractivity (Wildman–Crippen MR) is 83.2 cm³/mol. The van der Waals surface area contributed by atoms with Gasteiger partial charge in [0.2, 0.25) is 5.91 Å². The second-order valence-corrected chi connectivity index (χ2v) is 6.22. The van der Waals surface area contributed by atoms with Gasteiger partial charge in [-0.3, -0.25) is 9.59 Å². The van der Waals surface area contributed by atoms with E-state index in [2.05, 4.69) is 10.3 Å². The molecule has 1 aromatic heterocycles. The highest BCUT2D eigenvalue weighted by atomic mass is 32.2. The Morgan fingerprint density at radius 1 is 1.43 bits per heavy atom. The molecule has 7 heteroatoms. The number of rotatable bonds is 5. The van der Waals surface area contributed by atoms with Crippen LogP contribution in [0.2, 0.25) is 0 Å². The maximum absolute atomic E-state index is 12.0. The van der Waals surface area contributed by atoms with Crippen LogP contribution in [0.1, 0.15) is 23.3 Å². The summed E-state index contributed by atoms with van der Waals surface area (Å²) < 4.78 is 1.71. The number of carbonyl (C=O) groups is 2. The van der Waals surface area contributed by atoms with Gasteiger partial charge < -0.3 is 14.8 Å². The first-order valence-electron chi connectivity index (χ1n) is 7.13. The Morgan fingerprint density at radius 2 is 2.14 bits per heavy atom. The number of aryl methyl sites for hydroxylation is 1. The summed E-state index contributed by atoms with van der Waals surface area (Å²) in [6.45, 7) is 2.26. The van der Waals surface area contributed by atoms with Gasteiger partial charge in [-0.2, -0.15) is 11.8 Å². The highest BCUT2D eigenvalue weighted by Crippen LogP contribution is 2.17. The normalized spacial score (nSPS) is 16.0. The van der Waals surface area contributed by atoms with Crippen LogP contribution in [-0.2, 0) is 11.8 Å². The average Bonchev–Trinajstić information content (AvgIpc) is 2.92. The fraction of sp³-hybridized carbons (Fsp3) is 0.643. The van der Waals surface area contributed by atoms with Crippen LogP contribution in [-0.4, -0.2) is 57.9 Å². The number of nitrogens with zero attached hydrogens (tertiary/aromatic N) is 3. The maximum Gasteiger partial charge on any atom is 0.269 e. The number of piperidine rings is 1. The van der Waals surface area contributed by atoms with Gasteiger partial charge in [-0.1, -0.05) is 0 Å². The van der Waals surface area contributed by atoms with Gasteiger partial charge in [0, 0.05) is 26.7 Å². The molecular formula is C14H22N4O2S. The minimum Gasteiger partial charge on any atom is -0.350 e. The van der Waals surface area contributed by atoms with Crippen molar-refractivity contribution in [3.8, 4) is 0 Å². The van der Waals surface area contributed by atoms with Crippen LogP contribution in [0.25, 0.3) is 0 Å². The van der Waals surface area contributed by atoms with Gasteiger partial charge in [-0.25, -0.2) is 4.98 Å². The van der Waals surface area contributed by atoms with E-state index < -0.39 is 0 Å². The first-order chi connectivity index (χ1) is 10.1. The molecule has 0 unspecified atom stereocenters. The molecule has 0 aromatic carbocycles. The minimum atomic E-state index is -0.0871. The number of amides is 2. The standard InChI is InChI=1S/C14H22N4O2S/c1-17-10-15-8-12(17)14(20)16-7-11-3-5-18(6-4-11)13(19)9-21-2/h8,10-11H,3-7,9H2,1-2H3,(H,16,20). The molecule has 1 N–H and O–H groups in total. The minimum absolute atomic E-state index is 0.0871. The fourth-order valence-electron chi connectivity index (χ4n) is 2.50. The van der Waals surface area contributed by atoms with Crippen LogP contribution in [0.4, 0.5) is 0 Å². The van der Waals surface area contributed by atoms with Crippen molar-refractivity contribution < 1.29 is 9.59 Å². The number of thioether (sulfide) groups is 1. The summed E-state index contributed by atoms with van der Waals surface area (Å²) >= 11 is 1.56. The second kappa shape index (κ2) is 7.49. The zero-order chi connectivity index (χ0) is 15.2. The van der Waals surface area contributed by atoms with E-state index >= 15 is 0 Å². The number of aromatic nitrogens is 2. The number of hydrogen-bond acceptors (Lipinski definition) is 4. The van der Waals surface area contributed by atoms with E-state index in [0.717, 1.165) is 25.9 Å². The lowest BCUT2D eigenvalue weighted by atomic mass is 9.97. The monoisotopic (exact) mass is 310 g/mol. The highest BCUT2D eigenvalue weighted by molar-refractivity contribution is 7.99. The molecule has 2 rings (SSSR count). The van der Waals surface area contributed by atoms with Gasteiger partial charge in [0.25, 0.3) is 5.91 Å². The third-order valence-corrected chi connectivity index (χ3v) is 4.37. The molecule has 0 saturated carbocycles. The Morgan fingerprint density at radius 3 is 2.71 bits per heavy atom. The first-order valence-corrected chi connectivity index (χ1v) is 8.52. The van der Waals surface area contributed by atoms with Crippen molar-refractivity contribution in [2.45, 2.75) is 12.8 Å². The molecule has 0 radical (unpaired) electrons. The van der Waals surface area contributed by atoms with Crippen LogP contribution in [0, 0.1) is 5.92 Å². The molecule has 1 fully saturated rings. The molecular weight excluding hydrogens is 288 g/mol. The van der Waals surface area contributed by atoms with Crippen molar-refractivity contribution in [1.82, 2.24) is 19.8 Å². The molecule has 0 atom stereocenters. The Bertz CT molecular complexity index is 495. The molecule has 0 spiro atoms. The van der Waals surface area contributed by atoms with Gasteiger partial charge in [0.1, 0.15) is 5.69 Å². The van der Waals surface area contributed by atoms with E-state index in [4.69, 9.17) is 0 Å². The summed E-state index contributed by atoms with van der Waals surface area (Å²) in [5, 5.41) is 2.96. The van der Waals surface area contributed by atoms with Crippen LogP contribution in [0.15, 0.2) is 12.5 Å². The number of nitrogens with one attached hydrogen (secondary N) is 1. The zero-order valence-electron chi connectivity index (χ0n) is 12.5. The van der Waals surface area contributed by atoms with Gasteiger partial charge >= 0.3 is 0 Å². The lowest BCUT2D eigenvalue weighted by Gasteiger charge is -2.32. The van der Waals surface area contributed by atoms with E-state index in [0.29, 0.717) is 23.9 Å². The SMILES string of the molecule is CSCC(=O)N1CCC(CNC(=O)c2cncn2C)CC1. The predicted octanol–water partition coefficient (Wildman–Crippen LogP) is 0.751. The molecule has 6 nitrogen and oxygen atoms in total. The van der Waals surface area contributed by atoms with E-state index in [-0.39, 0.29) is 11.8 Å². The number of hydrogen-bond donors (Lipinski definition) is 1. The largest absolute Gasteiger partial charge is 0.350 e. The molecule has 1 aromatic rings. The van der Waals surface area contributed by atoms with E-state index in [9.17, 15) is 9.59 Å². The molecule has 1 aliphatic heterocycles. The molecule has 116 valence electrons. The molecule has 1 saturated heterocycles. The molecule has 1 aliphatic rings. The van der Waals surface area contributed by atoms with Gasteiger partial charge in [-0.05, 0) is 25.0 Å². The topological polar surface area (TPSA) is 67.2 Å². The Hall–Kier alpha value is -1.50. The summed E-state index contributed by atoms with van der Waals surface area (Å²) in [4.78, 5) is 29.6. The van der Waals surface area contributed by atoms with Crippen molar-refractivity contribution in [2.75, 3.05) is 31.6 Å². The third kappa shape index (κ3) is 4.23. The number of imidazole rings is 1. The average molecular weight is 310 g/mol. The van der Waals surface area contributed by atoms with E-state index in [1.165, 1.54) is 0 Å². The number of likely N-dealkylation sites (tertiary alicyclic amines) is 1.